The van der Waals surface area contributed by atoms with Gasteiger partial charge >= 0.3 is 35.8 Å². The molecule has 0 heterocycles. The molecule has 0 aromatic heterocycles. The number of rotatable bonds is 10. The molecular weight excluding hydrogens is 539 g/mol. The third-order valence-electron chi connectivity index (χ3n) is 5.14. The van der Waals surface area contributed by atoms with Crippen LogP contribution in [0.15, 0.2) is 34.1 Å². The fraction of sp³-hybridized carbons (Fsp3) is 0.684. The van der Waals surface area contributed by atoms with Gasteiger partial charge in [-0.25, -0.2) is 20.9 Å². The third-order valence-corrected chi connectivity index (χ3v) is 9.32. The van der Waals surface area contributed by atoms with Crippen molar-refractivity contribution in [1.29, 1.82) is 0 Å². The summed E-state index contributed by atoms with van der Waals surface area (Å²) >= 11 is 0. The van der Waals surface area contributed by atoms with Gasteiger partial charge in [0.15, 0.2) is 0 Å². The topological polar surface area (TPSA) is 0 Å². The van der Waals surface area contributed by atoms with E-state index in [1.807, 2.05) is 12.5 Å². The van der Waals surface area contributed by atoms with Crippen molar-refractivity contribution >= 4 is 20.9 Å². The van der Waals surface area contributed by atoms with Crippen molar-refractivity contribution in [3.8, 4) is 0 Å². The minimum absolute atomic E-state index is 0.258. The first-order chi connectivity index (χ1) is 14.9. The Bertz CT molecular complexity index is 828. The van der Waals surface area contributed by atoms with Crippen LogP contribution in [0, 0.1) is 0 Å². The Morgan fingerprint density at radius 3 is 1.44 bits per heavy atom. The second-order valence-corrected chi connectivity index (χ2v) is 14.5. The van der Waals surface area contributed by atoms with Crippen LogP contribution in [-0.2, 0) is 0 Å². The lowest BCUT2D eigenvalue weighted by Gasteiger charge is -2.40. The number of thiol groups is 1. The molecule has 0 bridgehead atoms. The van der Waals surface area contributed by atoms with Crippen LogP contribution in [0.2, 0.25) is 0 Å². The van der Waals surface area contributed by atoms with Crippen molar-refractivity contribution in [2.75, 3.05) is 30.8 Å². The second kappa shape index (κ2) is 9.47. The summed E-state index contributed by atoms with van der Waals surface area (Å²) in [7, 11) is -2.40. The molecule has 0 amide bonds. The molecule has 0 saturated heterocycles. The molecule has 0 aliphatic rings. The number of hydrogen-bond acceptors (Lipinski definition) is 0. The monoisotopic (exact) mass is 562 g/mol. The number of halogens is 13. The van der Waals surface area contributed by atoms with Gasteiger partial charge in [0, 0.05) is 6.42 Å². The first kappa shape index (κ1) is 31.0. The predicted molar refractivity (Wildman–Crippen MR) is 108 cm³/mol. The first-order valence-electron chi connectivity index (χ1n) is 9.31. The molecule has 0 unspecified atom stereocenters. The molecule has 0 nitrogen and oxygen atoms in total. The summed E-state index contributed by atoms with van der Waals surface area (Å²) < 4.78 is 171. The maximum absolute atomic E-state index is 14.0. The molecule has 34 heavy (non-hydrogen) atoms. The Labute approximate surface area is 191 Å². The van der Waals surface area contributed by atoms with Gasteiger partial charge in [0.1, 0.15) is 0 Å². The summed E-state index contributed by atoms with van der Waals surface area (Å²) in [6.45, 7) is 0. The van der Waals surface area contributed by atoms with Crippen LogP contribution >= 0.6 is 20.9 Å². The van der Waals surface area contributed by atoms with E-state index in [-0.39, 0.29) is 5.75 Å². The Hall–Kier alpha value is -0.990. The summed E-state index contributed by atoms with van der Waals surface area (Å²) in [5, 5.41) is 0. The Morgan fingerprint density at radius 2 is 1.06 bits per heavy atom. The molecule has 0 aliphatic heterocycles. The third kappa shape index (κ3) is 5.39. The fourth-order valence-corrected chi connectivity index (χ4v) is 5.56. The predicted octanol–water partition coefficient (Wildman–Crippen LogP) is 8.25. The zero-order valence-electron chi connectivity index (χ0n) is 18.2. The van der Waals surface area contributed by atoms with E-state index in [4.69, 9.17) is 0 Å². The van der Waals surface area contributed by atoms with Crippen molar-refractivity contribution < 1.29 is 57.1 Å². The Kier molecular flexibility index (Phi) is 8.65. The van der Waals surface area contributed by atoms with Crippen LogP contribution < -0.4 is 0 Å². The van der Waals surface area contributed by atoms with E-state index < -0.39 is 69.6 Å². The van der Waals surface area contributed by atoms with Crippen LogP contribution in [0.5, 0.6) is 0 Å². The summed E-state index contributed by atoms with van der Waals surface area (Å²) in [5.74, 6) is -36.8. The summed E-state index contributed by atoms with van der Waals surface area (Å²) in [6, 6.07) is 6.88. The SMILES string of the molecule is C[SH](C)c1ccc(S(C)(C)CCCC(F)(F)C(F)(F)C(F)(F)C(F)(F)C(F)(F)C(F)(F)F)cc1. The van der Waals surface area contributed by atoms with Crippen LogP contribution in [-0.4, -0.2) is 66.6 Å². The Balaban J connectivity index is 3.09. The summed E-state index contributed by atoms with van der Waals surface area (Å²) in [4.78, 5) is 1.64. The van der Waals surface area contributed by atoms with Gasteiger partial charge in [0.25, 0.3) is 0 Å². The largest absolute Gasteiger partial charge is 0.460 e. The molecule has 202 valence electrons. The highest BCUT2D eigenvalue weighted by Gasteiger charge is 2.90. The molecule has 0 saturated carbocycles. The summed E-state index contributed by atoms with van der Waals surface area (Å²) in [6.07, 6.45) is -3.35. The van der Waals surface area contributed by atoms with Gasteiger partial charge in [0.2, 0.25) is 0 Å². The van der Waals surface area contributed by atoms with Gasteiger partial charge in [-0.1, -0.05) is 0 Å². The zero-order valence-corrected chi connectivity index (χ0v) is 19.9. The van der Waals surface area contributed by atoms with E-state index in [0.717, 1.165) is 4.90 Å². The number of hydrogen-bond donors (Lipinski definition) is 1. The van der Waals surface area contributed by atoms with Crippen molar-refractivity contribution in [2.45, 2.75) is 58.4 Å². The van der Waals surface area contributed by atoms with E-state index in [1.54, 1.807) is 36.8 Å². The average Bonchev–Trinajstić information content (AvgIpc) is 2.66. The van der Waals surface area contributed by atoms with E-state index in [0.29, 0.717) is 4.90 Å². The smallest absolute Gasteiger partial charge is 0.233 e. The fourth-order valence-electron chi connectivity index (χ4n) is 2.84. The molecule has 1 aromatic rings. The van der Waals surface area contributed by atoms with Crippen molar-refractivity contribution in [1.82, 2.24) is 0 Å². The van der Waals surface area contributed by atoms with Crippen molar-refractivity contribution in [2.24, 2.45) is 0 Å². The normalized spacial score (nSPS) is 16.0. The quantitative estimate of drug-likeness (QED) is 0.216. The summed E-state index contributed by atoms with van der Waals surface area (Å²) in [5.41, 5.74) is 0. The molecule has 1 rings (SSSR count). The molecular formula is C19H23F13S2. The molecule has 0 radical (unpaired) electrons. The highest BCUT2D eigenvalue weighted by Crippen LogP contribution is 2.61. The second-order valence-electron chi connectivity index (χ2n) is 8.23. The molecule has 0 atom stereocenters. The lowest BCUT2D eigenvalue weighted by molar-refractivity contribution is -0.440. The van der Waals surface area contributed by atoms with E-state index >= 15 is 0 Å². The minimum atomic E-state index is -7.85. The first-order valence-corrected chi connectivity index (χ1v) is 14.2. The molecule has 0 fully saturated rings. The van der Waals surface area contributed by atoms with Gasteiger partial charge < -0.3 is 0 Å². The highest BCUT2D eigenvalue weighted by atomic mass is 32.3. The zero-order chi connectivity index (χ0) is 27.2. The molecule has 0 aliphatic carbocycles. The van der Waals surface area contributed by atoms with Crippen molar-refractivity contribution in [3.05, 3.63) is 24.3 Å². The van der Waals surface area contributed by atoms with Crippen LogP contribution in [0.25, 0.3) is 0 Å². The lowest BCUT2D eigenvalue weighted by Crippen LogP contribution is -2.70. The van der Waals surface area contributed by atoms with Crippen LogP contribution in [0.4, 0.5) is 57.1 Å². The van der Waals surface area contributed by atoms with Gasteiger partial charge in [-0.15, -0.1) is 0 Å². The van der Waals surface area contributed by atoms with E-state index in [9.17, 15) is 57.1 Å². The molecule has 15 heteroatoms. The maximum Gasteiger partial charge on any atom is 0.460 e. The number of alkyl halides is 13. The Morgan fingerprint density at radius 1 is 0.647 bits per heavy atom. The lowest BCUT2D eigenvalue weighted by atomic mass is 9.92. The van der Waals surface area contributed by atoms with Gasteiger partial charge in [-0.2, -0.15) is 57.1 Å². The van der Waals surface area contributed by atoms with Gasteiger partial charge in [-0.05, 0) is 71.3 Å². The number of benzene rings is 1. The van der Waals surface area contributed by atoms with Crippen LogP contribution in [0.3, 0.4) is 0 Å². The standard InChI is InChI=1S/C19H23F13S2/c1-33(2)12-6-8-13(9-7-12)34(3,4)11-5-10-14(20,21)15(22,23)16(24,25)17(26,27)18(28,29)19(30,31)32/h6-9,33H,5,10-11H2,1-4H3. The maximum atomic E-state index is 14.0. The van der Waals surface area contributed by atoms with Crippen molar-refractivity contribution in [3.63, 3.8) is 0 Å². The van der Waals surface area contributed by atoms with Crippen LogP contribution in [0.1, 0.15) is 12.8 Å². The molecule has 1 aromatic carbocycles. The molecule has 0 N–H and O–H groups in total. The van der Waals surface area contributed by atoms with Gasteiger partial charge in [0.05, 0.1) is 0 Å². The minimum Gasteiger partial charge on any atom is -0.233 e. The van der Waals surface area contributed by atoms with Gasteiger partial charge in [-0.3, -0.25) is 0 Å². The van der Waals surface area contributed by atoms with E-state index in [1.165, 1.54) is 0 Å². The molecule has 0 spiro atoms. The average molecular weight is 563 g/mol. The van der Waals surface area contributed by atoms with E-state index in [2.05, 4.69) is 0 Å². The highest BCUT2D eigenvalue weighted by molar-refractivity contribution is 8.32.